The highest BCUT2D eigenvalue weighted by molar-refractivity contribution is 9.10. The number of aromatic amines is 1. The molecule has 2 N–H and O–H groups in total. The minimum atomic E-state index is -0.577. The summed E-state index contributed by atoms with van der Waals surface area (Å²) in [6, 6.07) is 9.24. The van der Waals surface area contributed by atoms with Gasteiger partial charge in [-0.15, -0.1) is 0 Å². The molecule has 0 spiro atoms. The van der Waals surface area contributed by atoms with Crippen LogP contribution in [-0.4, -0.2) is 54.7 Å². The Morgan fingerprint density at radius 2 is 1.96 bits per heavy atom. The molecule has 1 fully saturated rings. The van der Waals surface area contributed by atoms with E-state index in [1.807, 2.05) is 24.3 Å². The number of esters is 1. The average molecular weight is 422 g/mol. The van der Waals surface area contributed by atoms with Crippen molar-refractivity contribution in [3.63, 3.8) is 0 Å². The van der Waals surface area contributed by atoms with Gasteiger partial charge in [0.05, 0.1) is 13.2 Å². The van der Waals surface area contributed by atoms with Gasteiger partial charge in [0, 0.05) is 36.0 Å². The van der Waals surface area contributed by atoms with Crippen LogP contribution in [0.3, 0.4) is 0 Å². The Morgan fingerprint density at radius 1 is 1.23 bits per heavy atom. The first-order valence-electron chi connectivity index (χ1n) is 8.30. The molecule has 0 bridgehead atoms. The van der Waals surface area contributed by atoms with Crippen molar-refractivity contribution in [1.29, 1.82) is 0 Å². The summed E-state index contributed by atoms with van der Waals surface area (Å²) in [6.07, 6.45) is 1.62. The second-order valence-corrected chi connectivity index (χ2v) is 6.86. The standard InChI is InChI=1S/C18H20BrN3O4/c19-14-9-16(20-10-14)18(24)26-12-17(23)21-15-3-1-13(2-4-15)11-22-5-7-25-8-6-22/h1-4,9-10,20H,5-8,11-12H2,(H,21,23). The summed E-state index contributed by atoms with van der Waals surface area (Å²) in [7, 11) is 0. The van der Waals surface area contributed by atoms with Crippen LogP contribution in [0.2, 0.25) is 0 Å². The van der Waals surface area contributed by atoms with E-state index in [9.17, 15) is 9.59 Å². The van der Waals surface area contributed by atoms with Crippen LogP contribution in [0.1, 0.15) is 16.1 Å². The molecule has 3 rings (SSSR count). The van der Waals surface area contributed by atoms with Gasteiger partial charge in [0.1, 0.15) is 5.69 Å². The number of benzene rings is 1. The van der Waals surface area contributed by atoms with Crippen LogP contribution in [0, 0.1) is 0 Å². The van der Waals surface area contributed by atoms with Gasteiger partial charge in [0.15, 0.2) is 6.61 Å². The largest absolute Gasteiger partial charge is 0.451 e. The van der Waals surface area contributed by atoms with Gasteiger partial charge in [-0.25, -0.2) is 4.79 Å². The van der Waals surface area contributed by atoms with Gasteiger partial charge in [-0.2, -0.15) is 0 Å². The number of amides is 1. The number of rotatable bonds is 6. The number of hydrogen-bond donors (Lipinski definition) is 2. The van der Waals surface area contributed by atoms with Gasteiger partial charge in [-0.3, -0.25) is 9.69 Å². The minimum absolute atomic E-state index is 0.289. The third kappa shape index (κ3) is 5.42. The van der Waals surface area contributed by atoms with E-state index in [1.165, 1.54) is 5.56 Å². The number of H-pyrrole nitrogens is 1. The van der Waals surface area contributed by atoms with E-state index in [0.717, 1.165) is 37.3 Å². The van der Waals surface area contributed by atoms with Gasteiger partial charge >= 0.3 is 5.97 Å². The van der Waals surface area contributed by atoms with E-state index in [4.69, 9.17) is 9.47 Å². The maximum Gasteiger partial charge on any atom is 0.355 e. The van der Waals surface area contributed by atoms with Crippen molar-refractivity contribution in [2.45, 2.75) is 6.54 Å². The van der Waals surface area contributed by atoms with Crippen molar-refractivity contribution in [2.75, 3.05) is 38.2 Å². The van der Waals surface area contributed by atoms with Gasteiger partial charge in [-0.05, 0) is 39.7 Å². The SMILES string of the molecule is O=C(COC(=O)c1cc(Br)c[nH]1)Nc1ccc(CN2CCOCC2)cc1. The fourth-order valence-corrected chi connectivity index (χ4v) is 2.95. The normalized spacial score (nSPS) is 14.8. The quantitative estimate of drug-likeness (QED) is 0.699. The van der Waals surface area contributed by atoms with E-state index >= 15 is 0 Å². The monoisotopic (exact) mass is 421 g/mol. The number of carbonyl (C=O) groups is 2. The molecule has 1 aromatic heterocycles. The summed E-state index contributed by atoms with van der Waals surface area (Å²) < 4.78 is 11.1. The molecule has 1 aromatic carbocycles. The lowest BCUT2D eigenvalue weighted by molar-refractivity contribution is -0.119. The fraction of sp³-hybridized carbons (Fsp3) is 0.333. The van der Waals surface area contributed by atoms with Crippen LogP contribution in [0.4, 0.5) is 5.69 Å². The van der Waals surface area contributed by atoms with Crippen molar-refractivity contribution in [1.82, 2.24) is 9.88 Å². The van der Waals surface area contributed by atoms with Gasteiger partial charge < -0.3 is 19.8 Å². The highest BCUT2D eigenvalue weighted by atomic mass is 79.9. The molecule has 2 heterocycles. The Kier molecular flexibility index (Phi) is 6.43. The van der Waals surface area contributed by atoms with E-state index in [1.54, 1.807) is 12.3 Å². The van der Waals surface area contributed by atoms with E-state index in [0.29, 0.717) is 5.69 Å². The number of nitrogens with zero attached hydrogens (tertiary/aromatic N) is 1. The Bertz CT molecular complexity index is 754. The number of anilines is 1. The van der Waals surface area contributed by atoms with Crippen LogP contribution in [0.15, 0.2) is 41.0 Å². The number of aromatic nitrogens is 1. The van der Waals surface area contributed by atoms with Crippen molar-refractivity contribution < 1.29 is 19.1 Å². The minimum Gasteiger partial charge on any atom is -0.451 e. The first-order valence-corrected chi connectivity index (χ1v) is 9.09. The highest BCUT2D eigenvalue weighted by Gasteiger charge is 2.13. The predicted molar refractivity (Wildman–Crippen MR) is 99.9 cm³/mol. The molecule has 7 nitrogen and oxygen atoms in total. The summed E-state index contributed by atoms with van der Waals surface area (Å²) in [5, 5.41) is 2.72. The summed E-state index contributed by atoms with van der Waals surface area (Å²) in [5.74, 6) is -0.961. The zero-order chi connectivity index (χ0) is 18.4. The third-order valence-corrected chi connectivity index (χ3v) is 4.41. The molecular weight excluding hydrogens is 402 g/mol. The van der Waals surface area contributed by atoms with E-state index in [-0.39, 0.29) is 18.2 Å². The number of ether oxygens (including phenoxy) is 2. The summed E-state index contributed by atoms with van der Waals surface area (Å²) in [5.41, 5.74) is 2.13. The van der Waals surface area contributed by atoms with Crippen molar-refractivity contribution in [2.24, 2.45) is 0 Å². The van der Waals surface area contributed by atoms with Crippen molar-refractivity contribution in [3.05, 3.63) is 52.3 Å². The Hall–Kier alpha value is -2.16. The molecule has 8 heteroatoms. The third-order valence-electron chi connectivity index (χ3n) is 3.95. The number of morpholine rings is 1. The molecule has 0 atom stereocenters. The topological polar surface area (TPSA) is 83.7 Å². The molecule has 0 unspecified atom stereocenters. The Labute approximate surface area is 159 Å². The van der Waals surface area contributed by atoms with Crippen LogP contribution in [0.5, 0.6) is 0 Å². The fourth-order valence-electron chi connectivity index (χ4n) is 2.60. The smallest absolute Gasteiger partial charge is 0.355 e. The zero-order valence-electron chi connectivity index (χ0n) is 14.2. The maximum atomic E-state index is 11.9. The van der Waals surface area contributed by atoms with Gasteiger partial charge in [-0.1, -0.05) is 12.1 Å². The molecule has 2 aromatic rings. The van der Waals surface area contributed by atoms with Crippen molar-refractivity contribution >= 4 is 33.5 Å². The van der Waals surface area contributed by atoms with E-state index in [2.05, 4.69) is 31.1 Å². The molecule has 1 aliphatic rings. The molecule has 1 saturated heterocycles. The summed E-state index contributed by atoms with van der Waals surface area (Å²) in [4.78, 5) is 28.8. The number of nitrogens with one attached hydrogen (secondary N) is 2. The molecule has 26 heavy (non-hydrogen) atoms. The summed E-state index contributed by atoms with van der Waals surface area (Å²) in [6.45, 7) is 3.92. The lowest BCUT2D eigenvalue weighted by Crippen LogP contribution is -2.35. The van der Waals surface area contributed by atoms with Crippen molar-refractivity contribution in [3.8, 4) is 0 Å². The molecule has 1 amide bonds. The second-order valence-electron chi connectivity index (χ2n) is 5.94. The summed E-state index contributed by atoms with van der Waals surface area (Å²) >= 11 is 3.23. The molecule has 1 aliphatic heterocycles. The van der Waals surface area contributed by atoms with E-state index < -0.39 is 5.97 Å². The first-order chi connectivity index (χ1) is 12.6. The molecular formula is C18H20BrN3O4. The number of carbonyl (C=O) groups excluding carboxylic acids is 2. The number of hydrogen-bond acceptors (Lipinski definition) is 5. The predicted octanol–water partition coefficient (Wildman–Crippen LogP) is 2.40. The molecule has 0 radical (unpaired) electrons. The van der Waals surface area contributed by atoms with Crippen LogP contribution < -0.4 is 5.32 Å². The maximum absolute atomic E-state index is 11.9. The average Bonchev–Trinajstić information content (AvgIpc) is 3.09. The van der Waals surface area contributed by atoms with Gasteiger partial charge in [0.25, 0.3) is 5.91 Å². The lowest BCUT2D eigenvalue weighted by Gasteiger charge is -2.26. The van der Waals surface area contributed by atoms with Crippen LogP contribution in [0.25, 0.3) is 0 Å². The molecule has 0 saturated carbocycles. The molecule has 138 valence electrons. The number of halogens is 1. The highest BCUT2D eigenvalue weighted by Crippen LogP contribution is 2.13. The second kappa shape index (κ2) is 8.98. The van der Waals surface area contributed by atoms with Crippen LogP contribution >= 0.6 is 15.9 Å². The van der Waals surface area contributed by atoms with Gasteiger partial charge in [0.2, 0.25) is 0 Å². The Balaban J connectivity index is 1.44. The lowest BCUT2D eigenvalue weighted by atomic mass is 10.2. The van der Waals surface area contributed by atoms with Crippen LogP contribution in [-0.2, 0) is 20.8 Å². The first kappa shape index (κ1) is 18.6. The molecule has 0 aliphatic carbocycles. The zero-order valence-corrected chi connectivity index (χ0v) is 15.8. The Morgan fingerprint density at radius 3 is 2.62 bits per heavy atom.